The maximum atomic E-state index is 13.2. The quantitative estimate of drug-likeness (QED) is 0.824. The second kappa shape index (κ2) is 6.72. The Morgan fingerprint density at radius 1 is 1.11 bits per heavy atom. The molecule has 0 bridgehead atoms. The molecule has 0 unspecified atom stereocenters. The van der Waals surface area contributed by atoms with Gasteiger partial charge in [-0.25, -0.2) is 4.98 Å². The Balaban J connectivity index is 1.67. The maximum Gasteiger partial charge on any atom is 0.257 e. The van der Waals surface area contributed by atoms with E-state index in [2.05, 4.69) is 4.98 Å². The molecule has 0 radical (unpaired) electrons. The fourth-order valence-electron chi connectivity index (χ4n) is 3.70. The molecule has 2 aromatic rings. The van der Waals surface area contributed by atoms with Crippen molar-refractivity contribution in [2.75, 3.05) is 51.1 Å². The molecule has 0 N–H and O–H groups in total. The van der Waals surface area contributed by atoms with E-state index in [1.54, 1.807) is 0 Å². The van der Waals surface area contributed by atoms with Gasteiger partial charge in [0.1, 0.15) is 11.6 Å². The van der Waals surface area contributed by atoms with Gasteiger partial charge in [0.2, 0.25) is 5.95 Å². The van der Waals surface area contributed by atoms with Crippen LogP contribution in [0.5, 0.6) is 5.75 Å². The number of ether oxygens (including phenoxy) is 1. The van der Waals surface area contributed by atoms with Gasteiger partial charge in [0.05, 0.1) is 24.4 Å². The fourth-order valence-corrected chi connectivity index (χ4v) is 3.70. The van der Waals surface area contributed by atoms with Gasteiger partial charge in [-0.3, -0.25) is 4.79 Å². The van der Waals surface area contributed by atoms with Gasteiger partial charge in [-0.2, -0.15) is 4.98 Å². The zero-order chi connectivity index (χ0) is 19.1. The largest absolute Gasteiger partial charge is 0.492 e. The molecule has 1 amide bonds. The summed E-state index contributed by atoms with van der Waals surface area (Å²) in [6.45, 7) is 1.79. The third-order valence-corrected chi connectivity index (χ3v) is 5.09. The van der Waals surface area contributed by atoms with E-state index >= 15 is 0 Å². The first kappa shape index (κ1) is 17.6. The molecule has 0 atom stereocenters. The molecule has 0 fully saturated rings. The van der Waals surface area contributed by atoms with Crippen LogP contribution in [0.15, 0.2) is 18.2 Å². The van der Waals surface area contributed by atoms with E-state index < -0.39 is 0 Å². The van der Waals surface area contributed by atoms with Crippen LogP contribution in [-0.4, -0.2) is 62.1 Å². The summed E-state index contributed by atoms with van der Waals surface area (Å²) >= 11 is 0. The summed E-state index contributed by atoms with van der Waals surface area (Å²) in [7, 11) is 7.84. The number of rotatable bonds is 3. The van der Waals surface area contributed by atoms with Gasteiger partial charge in [0.25, 0.3) is 5.91 Å². The van der Waals surface area contributed by atoms with Crippen molar-refractivity contribution in [3.05, 3.63) is 40.6 Å². The van der Waals surface area contributed by atoms with Gasteiger partial charge < -0.3 is 19.4 Å². The highest BCUT2D eigenvalue weighted by Crippen LogP contribution is 2.32. The van der Waals surface area contributed by atoms with Crippen LogP contribution >= 0.6 is 0 Å². The Labute approximate surface area is 159 Å². The summed E-state index contributed by atoms with van der Waals surface area (Å²) < 4.78 is 5.73. The average molecular weight is 367 g/mol. The lowest BCUT2D eigenvalue weighted by Crippen LogP contribution is -2.38. The number of hydrogen-bond acceptors (Lipinski definition) is 6. The van der Waals surface area contributed by atoms with Crippen LogP contribution in [-0.2, 0) is 19.4 Å². The number of hydrogen-bond donors (Lipinski definition) is 0. The Morgan fingerprint density at radius 3 is 2.67 bits per heavy atom. The molecule has 142 valence electrons. The van der Waals surface area contributed by atoms with Gasteiger partial charge in [-0.1, -0.05) is 12.1 Å². The van der Waals surface area contributed by atoms with Gasteiger partial charge >= 0.3 is 0 Å². The summed E-state index contributed by atoms with van der Waals surface area (Å²) in [6.07, 6.45) is 1.61. The summed E-state index contributed by atoms with van der Waals surface area (Å²) in [5.74, 6) is 2.35. The number of aromatic nitrogens is 2. The SMILES string of the molecule is CN(C)c1nc2c(c(N(C)C)n1)CCN(C(=O)c1cccc3c1OCC3)C2. The summed E-state index contributed by atoms with van der Waals surface area (Å²) in [5.41, 5.74) is 3.82. The number of carbonyl (C=O) groups is 1. The van der Waals surface area contributed by atoms with Crippen molar-refractivity contribution in [2.45, 2.75) is 19.4 Å². The first-order chi connectivity index (χ1) is 13.0. The third-order valence-electron chi connectivity index (χ3n) is 5.09. The highest BCUT2D eigenvalue weighted by molar-refractivity contribution is 5.97. The third kappa shape index (κ3) is 3.07. The van der Waals surface area contributed by atoms with Crippen molar-refractivity contribution < 1.29 is 9.53 Å². The molecular weight excluding hydrogens is 342 g/mol. The van der Waals surface area contributed by atoms with E-state index in [0.717, 1.165) is 41.2 Å². The number of anilines is 2. The second-order valence-electron chi connectivity index (χ2n) is 7.43. The number of nitrogens with zero attached hydrogens (tertiary/aromatic N) is 5. The molecule has 27 heavy (non-hydrogen) atoms. The van der Waals surface area contributed by atoms with Gasteiger partial charge in [0.15, 0.2) is 0 Å². The van der Waals surface area contributed by atoms with Crippen molar-refractivity contribution >= 4 is 17.7 Å². The standard InChI is InChI=1S/C20H25N5O2/c1-23(2)18-14-8-10-25(12-16(14)21-20(22-18)24(3)4)19(26)15-7-5-6-13-9-11-27-17(13)15/h5-7H,8-12H2,1-4H3. The van der Waals surface area contributed by atoms with E-state index in [4.69, 9.17) is 9.72 Å². The van der Waals surface area contributed by atoms with Crippen molar-refractivity contribution in [2.24, 2.45) is 0 Å². The molecular formula is C20H25N5O2. The Bertz CT molecular complexity index is 894. The highest BCUT2D eigenvalue weighted by Gasteiger charge is 2.29. The lowest BCUT2D eigenvalue weighted by atomic mass is 10.0. The predicted molar refractivity (Wildman–Crippen MR) is 105 cm³/mol. The van der Waals surface area contributed by atoms with Crippen molar-refractivity contribution in [1.29, 1.82) is 0 Å². The smallest absolute Gasteiger partial charge is 0.257 e. The van der Waals surface area contributed by atoms with Crippen molar-refractivity contribution in [3.8, 4) is 5.75 Å². The molecule has 1 aromatic heterocycles. The molecule has 2 aliphatic heterocycles. The normalized spacial score (nSPS) is 15.0. The number of fused-ring (bicyclic) bond motifs is 2. The zero-order valence-corrected chi connectivity index (χ0v) is 16.3. The van der Waals surface area contributed by atoms with Gasteiger partial charge in [-0.15, -0.1) is 0 Å². The molecule has 7 nitrogen and oxygen atoms in total. The number of para-hydroxylation sites is 1. The molecule has 1 aromatic carbocycles. The minimum absolute atomic E-state index is 0.0100. The molecule has 3 heterocycles. The summed E-state index contributed by atoms with van der Waals surface area (Å²) in [6, 6.07) is 5.83. The average Bonchev–Trinajstić information content (AvgIpc) is 3.14. The maximum absolute atomic E-state index is 13.2. The lowest BCUT2D eigenvalue weighted by Gasteiger charge is -2.31. The van der Waals surface area contributed by atoms with Gasteiger partial charge in [-0.05, 0) is 18.1 Å². The van der Waals surface area contributed by atoms with Crippen LogP contribution in [0.2, 0.25) is 0 Å². The van der Waals surface area contributed by atoms with E-state index in [9.17, 15) is 4.79 Å². The molecule has 2 aliphatic rings. The Kier molecular flexibility index (Phi) is 4.37. The van der Waals surface area contributed by atoms with E-state index in [1.807, 2.05) is 61.1 Å². The molecule has 0 spiro atoms. The first-order valence-electron chi connectivity index (χ1n) is 9.24. The Morgan fingerprint density at radius 2 is 1.93 bits per heavy atom. The van der Waals surface area contributed by atoms with E-state index in [-0.39, 0.29) is 5.91 Å². The number of benzene rings is 1. The minimum atomic E-state index is 0.0100. The molecule has 0 saturated heterocycles. The summed E-state index contributed by atoms with van der Waals surface area (Å²) in [4.78, 5) is 28.4. The van der Waals surface area contributed by atoms with Crippen LogP contribution in [0.4, 0.5) is 11.8 Å². The molecule has 4 rings (SSSR count). The van der Waals surface area contributed by atoms with Crippen LogP contribution in [0, 0.1) is 0 Å². The topological polar surface area (TPSA) is 61.8 Å². The van der Waals surface area contributed by atoms with Crippen molar-refractivity contribution in [1.82, 2.24) is 14.9 Å². The lowest BCUT2D eigenvalue weighted by molar-refractivity contribution is 0.0728. The predicted octanol–water partition coefficient (Wildman–Crippen LogP) is 1.74. The summed E-state index contributed by atoms with van der Waals surface area (Å²) in [5, 5.41) is 0. The molecule has 7 heteroatoms. The van der Waals surface area contributed by atoms with Crippen molar-refractivity contribution in [3.63, 3.8) is 0 Å². The first-order valence-corrected chi connectivity index (χ1v) is 9.24. The van der Waals surface area contributed by atoms with Crippen LogP contribution in [0.3, 0.4) is 0 Å². The minimum Gasteiger partial charge on any atom is -0.492 e. The monoisotopic (exact) mass is 367 g/mol. The van der Waals surface area contributed by atoms with Crippen LogP contribution in [0.25, 0.3) is 0 Å². The molecule has 0 aliphatic carbocycles. The van der Waals surface area contributed by atoms with Gasteiger partial charge in [0, 0.05) is 46.7 Å². The van der Waals surface area contributed by atoms with Crippen LogP contribution in [0.1, 0.15) is 27.2 Å². The number of carbonyl (C=O) groups excluding carboxylic acids is 1. The van der Waals surface area contributed by atoms with E-state index in [1.165, 1.54) is 0 Å². The molecule has 0 saturated carbocycles. The zero-order valence-electron chi connectivity index (χ0n) is 16.3. The fraction of sp³-hybridized carbons (Fsp3) is 0.450. The van der Waals surface area contributed by atoms with Crippen LogP contribution < -0.4 is 14.5 Å². The second-order valence-corrected chi connectivity index (χ2v) is 7.43. The number of amides is 1. The Hall–Kier alpha value is -2.83. The van der Waals surface area contributed by atoms with E-state index in [0.29, 0.717) is 31.2 Å². The highest BCUT2D eigenvalue weighted by atomic mass is 16.5.